The van der Waals surface area contributed by atoms with Gasteiger partial charge in [-0.2, -0.15) is 5.26 Å². The maximum atomic E-state index is 13.5. The third-order valence-electron chi connectivity index (χ3n) is 2.25. The fourth-order valence-corrected chi connectivity index (χ4v) is 1.98. The van der Waals surface area contributed by atoms with Crippen molar-refractivity contribution < 1.29 is 17.9 Å². The summed E-state index contributed by atoms with van der Waals surface area (Å²) in [6.07, 6.45) is 0.307. The molecule has 0 saturated carbocycles. The van der Waals surface area contributed by atoms with Gasteiger partial charge in [0.05, 0.1) is 12.7 Å². The monoisotopic (exact) mass is 296 g/mol. The van der Waals surface area contributed by atoms with Crippen LogP contribution >= 0.6 is 0 Å². The van der Waals surface area contributed by atoms with Crippen molar-refractivity contribution in [1.82, 2.24) is 4.72 Å². The Morgan fingerprint density at radius 1 is 1.40 bits per heavy atom. The van der Waals surface area contributed by atoms with Gasteiger partial charge in [-0.1, -0.05) is 11.8 Å². The fraction of sp³-hybridized carbons (Fsp3) is 0.308. The molecule has 0 aliphatic heterocycles. The van der Waals surface area contributed by atoms with Crippen LogP contribution in [0.25, 0.3) is 0 Å². The van der Waals surface area contributed by atoms with Crippen LogP contribution < -0.4 is 4.72 Å². The molecule has 1 aromatic rings. The highest BCUT2D eigenvalue weighted by atomic mass is 32.2. The highest BCUT2D eigenvalue weighted by molar-refractivity contribution is 7.89. The molecular weight excluding hydrogens is 283 g/mol. The number of aliphatic hydroxyl groups excluding tert-OH is 1. The van der Waals surface area contributed by atoms with E-state index in [0.717, 1.165) is 0 Å². The molecule has 0 fully saturated rings. The SMILES string of the molecule is N#CCS(=O)(=O)NCc1cc(C#CCCO)ccc1F. The van der Waals surface area contributed by atoms with E-state index in [1.165, 1.54) is 24.3 Å². The van der Waals surface area contributed by atoms with Gasteiger partial charge in [-0.3, -0.25) is 0 Å². The fourth-order valence-electron chi connectivity index (χ4n) is 1.33. The smallest absolute Gasteiger partial charge is 0.225 e. The highest BCUT2D eigenvalue weighted by Crippen LogP contribution is 2.10. The first-order valence-corrected chi connectivity index (χ1v) is 7.36. The third-order valence-corrected chi connectivity index (χ3v) is 3.35. The minimum absolute atomic E-state index is 0.0605. The average Bonchev–Trinajstić information content (AvgIpc) is 2.39. The number of sulfonamides is 1. The van der Waals surface area contributed by atoms with E-state index < -0.39 is 21.6 Å². The standard InChI is InChI=1S/C13H13FN2O3S/c14-13-5-4-11(3-1-2-7-17)9-12(13)10-16-20(18,19)8-6-15/h4-5,9,16-17H,2,7-8,10H2. The van der Waals surface area contributed by atoms with Gasteiger partial charge in [-0.05, 0) is 18.2 Å². The molecule has 0 aliphatic carbocycles. The predicted octanol–water partition coefficient (Wildman–Crippen LogP) is 0.503. The Balaban J connectivity index is 2.83. The molecule has 0 aliphatic rings. The van der Waals surface area contributed by atoms with Crippen molar-refractivity contribution in [2.24, 2.45) is 0 Å². The van der Waals surface area contributed by atoms with Crippen molar-refractivity contribution in [2.75, 3.05) is 12.4 Å². The van der Waals surface area contributed by atoms with Crippen LogP contribution in [0.1, 0.15) is 17.5 Å². The number of hydrogen-bond acceptors (Lipinski definition) is 4. The molecule has 0 aromatic heterocycles. The zero-order chi connectivity index (χ0) is 15.0. The molecule has 0 atom stereocenters. The van der Waals surface area contributed by atoms with Crippen LogP contribution in [0, 0.1) is 29.0 Å². The van der Waals surface area contributed by atoms with E-state index in [9.17, 15) is 12.8 Å². The molecule has 0 bridgehead atoms. The van der Waals surface area contributed by atoms with Gasteiger partial charge < -0.3 is 5.11 Å². The average molecular weight is 296 g/mol. The minimum atomic E-state index is -3.73. The maximum Gasteiger partial charge on any atom is 0.225 e. The topological polar surface area (TPSA) is 90.2 Å². The van der Waals surface area contributed by atoms with Crippen LogP contribution in [-0.2, 0) is 16.6 Å². The summed E-state index contributed by atoms with van der Waals surface area (Å²) < 4.78 is 38.3. The number of rotatable bonds is 5. The minimum Gasteiger partial charge on any atom is -0.395 e. The van der Waals surface area contributed by atoms with Gasteiger partial charge in [0, 0.05) is 24.1 Å². The van der Waals surface area contributed by atoms with E-state index >= 15 is 0 Å². The summed E-state index contributed by atoms with van der Waals surface area (Å²) in [6, 6.07) is 5.60. The van der Waals surface area contributed by atoms with E-state index in [-0.39, 0.29) is 18.7 Å². The summed E-state index contributed by atoms with van der Waals surface area (Å²) in [7, 11) is -3.73. The number of aliphatic hydroxyl groups is 1. The first-order chi connectivity index (χ1) is 9.48. The second kappa shape index (κ2) is 7.61. The van der Waals surface area contributed by atoms with Gasteiger partial charge in [-0.25, -0.2) is 17.5 Å². The molecule has 106 valence electrons. The van der Waals surface area contributed by atoms with Gasteiger partial charge in [0.15, 0.2) is 5.75 Å². The van der Waals surface area contributed by atoms with Gasteiger partial charge in [0.2, 0.25) is 10.0 Å². The van der Waals surface area contributed by atoms with Crippen LogP contribution in [-0.4, -0.2) is 25.9 Å². The molecule has 1 aromatic carbocycles. The Bertz CT molecular complexity index is 669. The van der Waals surface area contributed by atoms with Gasteiger partial charge in [0.25, 0.3) is 0 Å². The van der Waals surface area contributed by atoms with Crippen LogP contribution in [0.15, 0.2) is 18.2 Å². The number of benzene rings is 1. The Morgan fingerprint density at radius 3 is 2.80 bits per heavy atom. The van der Waals surface area contributed by atoms with Crippen LogP contribution in [0.2, 0.25) is 0 Å². The second-order valence-corrected chi connectivity index (χ2v) is 5.63. The second-order valence-electron chi connectivity index (χ2n) is 3.82. The normalized spacial score (nSPS) is 10.4. The summed E-state index contributed by atoms with van der Waals surface area (Å²) in [4.78, 5) is 0. The van der Waals surface area contributed by atoms with Crippen molar-refractivity contribution in [1.29, 1.82) is 5.26 Å². The lowest BCUT2D eigenvalue weighted by atomic mass is 10.1. The summed E-state index contributed by atoms with van der Waals surface area (Å²) in [6.45, 7) is -0.305. The van der Waals surface area contributed by atoms with Crippen molar-refractivity contribution in [3.8, 4) is 17.9 Å². The van der Waals surface area contributed by atoms with Gasteiger partial charge >= 0.3 is 0 Å². The molecule has 0 spiro atoms. The molecule has 0 radical (unpaired) electrons. The molecule has 0 amide bonds. The quantitative estimate of drug-likeness (QED) is 0.774. The maximum absolute atomic E-state index is 13.5. The molecule has 5 nitrogen and oxygen atoms in total. The molecular formula is C13H13FN2O3S. The molecule has 0 unspecified atom stereocenters. The molecule has 0 heterocycles. The summed E-state index contributed by atoms with van der Waals surface area (Å²) in [5.41, 5.74) is 0.664. The van der Waals surface area contributed by atoms with Crippen LogP contribution in [0.3, 0.4) is 0 Å². The zero-order valence-corrected chi connectivity index (χ0v) is 11.4. The number of nitriles is 1. The van der Waals surface area contributed by atoms with Crippen molar-refractivity contribution in [3.63, 3.8) is 0 Å². The van der Waals surface area contributed by atoms with Gasteiger partial charge in [0.1, 0.15) is 5.82 Å². The number of halogens is 1. The Morgan fingerprint density at radius 2 is 2.15 bits per heavy atom. The van der Waals surface area contributed by atoms with Crippen molar-refractivity contribution >= 4 is 10.0 Å². The molecule has 7 heteroatoms. The van der Waals surface area contributed by atoms with Crippen molar-refractivity contribution in [2.45, 2.75) is 13.0 Å². The third kappa shape index (κ3) is 5.37. The van der Waals surface area contributed by atoms with E-state index in [0.29, 0.717) is 12.0 Å². The summed E-state index contributed by atoms with van der Waals surface area (Å²) >= 11 is 0. The molecule has 1 rings (SSSR count). The van der Waals surface area contributed by atoms with Crippen molar-refractivity contribution in [3.05, 3.63) is 35.1 Å². The highest BCUT2D eigenvalue weighted by Gasteiger charge is 2.11. The van der Waals surface area contributed by atoms with E-state index in [1.807, 2.05) is 0 Å². The molecule has 0 saturated heterocycles. The first-order valence-electron chi connectivity index (χ1n) is 5.71. The largest absolute Gasteiger partial charge is 0.395 e. The summed E-state index contributed by atoms with van der Waals surface area (Å²) in [5, 5.41) is 16.9. The van der Waals surface area contributed by atoms with Crippen LogP contribution in [0.5, 0.6) is 0 Å². The van der Waals surface area contributed by atoms with E-state index in [1.54, 1.807) is 0 Å². The predicted molar refractivity (Wildman–Crippen MR) is 71.2 cm³/mol. The number of hydrogen-bond donors (Lipinski definition) is 2. The molecule has 20 heavy (non-hydrogen) atoms. The van der Waals surface area contributed by atoms with E-state index in [4.69, 9.17) is 10.4 Å². The van der Waals surface area contributed by atoms with Gasteiger partial charge in [-0.15, -0.1) is 0 Å². The Labute approximate surface area is 117 Å². The Hall–Kier alpha value is -1.93. The number of nitrogens with zero attached hydrogens (tertiary/aromatic N) is 1. The Kier molecular flexibility index (Phi) is 6.13. The zero-order valence-electron chi connectivity index (χ0n) is 10.6. The molecule has 2 N–H and O–H groups in total. The number of nitrogens with one attached hydrogen (secondary N) is 1. The van der Waals surface area contributed by atoms with Crippen LogP contribution in [0.4, 0.5) is 4.39 Å². The lowest BCUT2D eigenvalue weighted by Gasteiger charge is -2.05. The lowest BCUT2D eigenvalue weighted by Crippen LogP contribution is -2.25. The lowest BCUT2D eigenvalue weighted by molar-refractivity contribution is 0.305. The first kappa shape index (κ1) is 16.1. The van der Waals surface area contributed by atoms with E-state index in [2.05, 4.69) is 16.6 Å². The summed E-state index contributed by atoms with van der Waals surface area (Å²) in [5.74, 6) is 4.18.